The number of fused-ring (bicyclic) bond motifs is 1. The zero-order valence-corrected chi connectivity index (χ0v) is 19.2. The number of guanidine groups is 1. The molecular weight excluding hydrogens is 492 g/mol. The maximum Gasteiger partial charge on any atom is 0.194 e. The van der Waals surface area contributed by atoms with Crippen molar-refractivity contribution in [1.29, 1.82) is 0 Å². The number of sulfone groups is 1. The molecule has 0 radical (unpaired) electrons. The van der Waals surface area contributed by atoms with Crippen LogP contribution in [0.4, 0.5) is 4.39 Å². The van der Waals surface area contributed by atoms with Gasteiger partial charge in [-0.25, -0.2) is 12.8 Å². The van der Waals surface area contributed by atoms with E-state index >= 15 is 0 Å². The molecule has 1 saturated heterocycles. The predicted octanol–water partition coefficient (Wildman–Crippen LogP) is 3.12. The van der Waals surface area contributed by atoms with Gasteiger partial charge in [0.25, 0.3) is 0 Å². The molecule has 1 N–H and O–H groups in total. The predicted molar refractivity (Wildman–Crippen MR) is 120 cm³/mol. The molecule has 3 aliphatic rings. The van der Waals surface area contributed by atoms with E-state index < -0.39 is 9.84 Å². The van der Waals surface area contributed by atoms with Crippen molar-refractivity contribution in [3.05, 3.63) is 35.1 Å². The molecule has 0 bridgehead atoms. The van der Waals surface area contributed by atoms with Gasteiger partial charge in [-0.2, -0.15) is 0 Å². The standard InChI is InChI=1S/C20H28FN3O2S.HI/c21-18-6-5-16-7-9-24(13-17(16)11-18)20(23-19-3-1-2-4-19)22-12-15-8-10-27(25,26)14-15;/h5-6,11,15,19H,1-4,7-10,12-14H2,(H,22,23);1H. The molecule has 8 heteroatoms. The summed E-state index contributed by atoms with van der Waals surface area (Å²) in [6.45, 7) is 2.04. The first-order chi connectivity index (χ1) is 13.0. The zero-order chi connectivity index (χ0) is 18.9. The van der Waals surface area contributed by atoms with Crippen molar-refractivity contribution >= 4 is 39.8 Å². The first kappa shape index (κ1) is 21.8. The van der Waals surface area contributed by atoms with E-state index in [-0.39, 0.29) is 47.2 Å². The highest BCUT2D eigenvalue weighted by molar-refractivity contribution is 14.0. The highest BCUT2D eigenvalue weighted by Gasteiger charge is 2.29. The van der Waals surface area contributed by atoms with Crippen LogP contribution in [0.15, 0.2) is 23.2 Å². The number of nitrogens with zero attached hydrogens (tertiary/aromatic N) is 2. The van der Waals surface area contributed by atoms with Crippen molar-refractivity contribution in [2.24, 2.45) is 10.9 Å². The minimum Gasteiger partial charge on any atom is -0.353 e. The molecule has 2 heterocycles. The van der Waals surface area contributed by atoms with Crippen LogP contribution < -0.4 is 5.32 Å². The van der Waals surface area contributed by atoms with Crippen LogP contribution in [0.3, 0.4) is 0 Å². The van der Waals surface area contributed by atoms with E-state index in [1.165, 1.54) is 24.5 Å². The molecule has 1 aromatic rings. The highest BCUT2D eigenvalue weighted by atomic mass is 127. The van der Waals surface area contributed by atoms with Crippen LogP contribution >= 0.6 is 24.0 Å². The van der Waals surface area contributed by atoms with Crippen LogP contribution in [0.2, 0.25) is 0 Å². The molecule has 1 unspecified atom stereocenters. The smallest absolute Gasteiger partial charge is 0.194 e. The summed E-state index contributed by atoms with van der Waals surface area (Å²) < 4.78 is 37.1. The fraction of sp³-hybridized carbons (Fsp3) is 0.650. The first-order valence-corrected chi connectivity index (χ1v) is 11.8. The molecule has 0 amide bonds. The van der Waals surface area contributed by atoms with E-state index in [2.05, 4.69) is 10.2 Å². The van der Waals surface area contributed by atoms with Gasteiger partial charge in [0, 0.05) is 25.7 Å². The monoisotopic (exact) mass is 521 g/mol. The molecule has 2 aliphatic heterocycles. The van der Waals surface area contributed by atoms with E-state index in [1.54, 1.807) is 6.07 Å². The molecule has 4 rings (SSSR count). The second-order valence-corrected chi connectivity index (χ2v) is 10.4. The number of rotatable bonds is 3. The Kier molecular flexibility index (Phi) is 7.22. The summed E-state index contributed by atoms with van der Waals surface area (Å²) in [5, 5.41) is 3.61. The van der Waals surface area contributed by atoms with Gasteiger partial charge in [0.1, 0.15) is 5.82 Å². The Morgan fingerprint density at radius 2 is 2.00 bits per heavy atom. The summed E-state index contributed by atoms with van der Waals surface area (Å²) in [5.41, 5.74) is 2.22. The summed E-state index contributed by atoms with van der Waals surface area (Å²) in [4.78, 5) is 7.03. The van der Waals surface area contributed by atoms with Crippen LogP contribution in [0.5, 0.6) is 0 Å². The number of aliphatic imine (C=N–C) groups is 1. The van der Waals surface area contributed by atoms with Crippen LogP contribution in [0, 0.1) is 11.7 Å². The maximum atomic E-state index is 13.7. The number of halogens is 2. The molecule has 0 aromatic heterocycles. The van der Waals surface area contributed by atoms with Crippen LogP contribution in [-0.2, 0) is 22.8 Å². The Balaban J connectivity index is 0.00000225. The molecule has 5 nitrogen and oxygen atoms in total. The van der Waals surface area contributed by atoms with E-state index in [9.17, 15) is 12.8 Å². The quantitative estimate of drug-likeness (QED) is 0.378. The third kappa shape index (κ3) is 5.37. The topological polar surface area (TPSA) is 61.8 Å². The van der Waals surface area contributed by atoms with Gasteiger partial charge in [-0.3, -0.25) is 4.99 Å². The minimum atomic E-state index is -2.88. The molecule has 156 valence electrons. The number of hydrogen-bond donors (Lipinski definition) is 1. The lowest BCUT2D eigenvalue weighted by Crippen LogP contribution is -2.47. The summed E-state index contributed by atoms with van der Waals surface area (Å²) >= 11 is 0. The lowest BCUT2D eigenvalue weighted by Gasteiger charge is -2.33. The highest BCUT2D eigenvalue weighted by Crippen LogP contribution is 2.23. The summed E-state index contributed by atoms with van der Waals surface area (Å²) in [6, 6.07) is 5.47. The van der Waals surface area contributed by atoms with Crippen molar-refractivity contribution in [2.45, 2.75) is 51.1 Å². The van der Waals surface area contributed by atoms with E-state index in [1.807, 2.05) is 6.07 Å². The summed E-state index contributed by atoms with van der Waals surface area (Å²) in [5.74, 6) is 1.32. The van der Waals surface area contributed by atoms with E-state index in [0.717, 1.165) is 37.3 Å². The normalized spacial score (nSPS) is 24.7. The Morgan fingerprint density at radius 3 is 2.71 bits per heavy atom. The molecule has 1 aromatic carbocycles. The lowest BCUT2D eigenvalue weighted by molar-refractivity contribution is 0.367. The number of nitrogens with one attached hydrogen (secondary N) is 1. The van der Waals surface area contributed by atoms with Gasteiger partial charge in [-0.15, -0.1) is 24.0 Å². The fourth-order valence-corrected chi connectivity index (χ4v) is 6.28. The fourth-order valence-electron chi connectivity index (χ4n) is 4.43. The largest absolute Gasteiger partial charge is 0.353 e. The van der Waals surface area contributed by atoms with Crippen molar-refractivity contribution < 1.29 is 12.8 Å². The second-order valence-electron chi connectivity index (χ2n) is 8.14. The Bertz CT molecular complexity index is 825. The molecule has 1 saturated carbocycles. The van der Waals surface area contributed by atoms with Crippen molar-refractivity contribution in [1.82, 2.24) is 10.2 Å². The van der Waals surface area contributed by atoms with E-state index in [4.69, 9.17) is 4.99 Å². The zero-order valence-electron chi connectivity index (χ0n) is 16.1. The Labute approximate surface area is 184 Å². The minimum absolute atomic E-state index is 0. The maximum absolute atomic E-state index is 13.7. The van der Waals surface area contributed by atoms with Crippen LogP contribution in [0.25, 0.3) is 0 Å². The van der Waals surface area contributed by atoms with Crippen molar-refractivity contribution in [3.8, 4) is 0 Å². The SMILES string of the molecule is I.O=S1(=O)CCC(CN=C(NC2CCCC2)N2CCc3ccc(F)cc3C2)C1. The van der Waals surface area contributed by atoms with Gasteiger partial charge in [0.05, 0.1) is 11.5 Å². The van der Waals surface area contributed by atoms with Crippen LogP contribution in [0.1, 0.15) is 43.2 Å². The average molecular weight is 521 g/mol. The summed E-state index contributed by atoms with van der Waals surface area (Å²) in [6.07, 6.45) is 6.35. The third-order valence-electron chi connectivity index (χ3n) is 5.99. The molecular formula is C20H29FIN3O2S. The number of benzene rings is 1. The van der Waals surface area contributed by atoms with Crippen molar-refractivity contribution in [3.63, 3.8) is 0 Å². The van der Waals surface area contributed by atoms with Gasteiger partial charge in [-0.05, 0) is 54.9 Å². The van der Waals surface area contributed by atoms with E-state index in [0.29, 0.717) is 25.6 Å². The Morgan fingerprint density at radius 1 is 1.21 bits per heavy atom. The molecule has 1 atom stereocenters. The molecule has 1 aliphatic carbocycles. The molecule has 0 spiro atoms. The third-order valence-corrected chi connectivity index (χ3v) is 7.83. The van der Waals surface area contributed by atoms with Crippen molar-refractivity contribution in [2.75, 3.05) is 24.6 Å². The van der Waals surface area contributed by atoms with Gasteiger partial charge in [-0.1, -0.05) is 18.9 Å². The van der Waals surface area contributed by atoms with Gasteiger partial charge in [0.15, 0.2) is 15.8 Å². The molecule has 28 heavy (non-hydrogen) atoms. The molecule has 2 fully saturated rings. The van der Waals surface area contributed by atoms with Gasteiger partial charge >= 0.3 is 0 Å². The van der Waals surface area contributed by atoms with Gasteiger partial charge < -0.3 is 10.2 Å². The average Bonchev–Trinajstić information content (AvgIpc) is 3.27. The lowest BCUT2D eigenvalue weighted by atomic mass is 10.00. The number of hydrogen-bond acceptors (Lipinski definition) is 3. The Hall–Kier alpha value is -0.900. The van der Waals surface area contributed by atoms with Crippen LogP contribution in [-0.4, -0.2) is 49.9 Å². The van der Waals surface area contributed by atoms with Gasteiger partial charge in [0.2, 0.25) is 0 Å². The summed E-state index contributed by atoms with van der Waals surface area (Å²) in [7, 11) is -2.88. The first-order valence-electron chi connectivity index (χ1n) is 10.0. The second kappa shape index (κ2) is 9.28.